The third-order valence-electron chi connectivity index (χ3n) is 3.69. The van der Waals surface area contributed by atoms with Crippen molar-refractivity contribution in [1.29, 1.82) is 0 Å². The van der Waals surface area contributed by atoms with Crippen LogP contribution in [0.3, 0.4) is 0 Å². The molecule has 0 saturated carbocycles. The van der Waals surface area contributed by atoms with E-state index < -0.39 is 11.7 Å². The second kappa shape index (κ2) is 11.4. The molecule has 7 heteroatoms. The Morgan fingerprint density at radius 1 is 1.11 bits per heavy atom. The summed E-state index contributed by atoms with van der Waals surface area (Å²) >= 11 is 0. The summed E-state index contributed by atoms with van der Waals surface area (Å²) in [5.74, 6) is -0.291. The van der Waals surface area contributed by atoms with Gasteiger partial charge in [-0.05, 0) is 46.1 Å². The van der Waals surface area contributed by atoms with Crippen molar-refractivity contribution in [3.8, 4) is 0 Å². The van der Waals surface area contributed by atoms with E-state index in [2.05, 4.69) is 5.32 Å². The van der Waals surface area contributed by atoms with E-state index in [-0.39, 0.29) is 17.9 Å². The predicted octanol–water partition coefficient (Wildman–Crippen LogP) is 3.04. The average molecular weight is 380 g/mol. The smallest absolute Gasteiger partial charge is 0.407 e. The van der Waals surface area contributed by atoms with Gasteiger partial charge in [0.15, 0.2) is 0 Å². The minimum atomic E-state index is -0.487. The van der Waals surface area contributed by atoms with Crippen LogP contribution in [-0.2, 0) is 27.2 Å². The monoisotopic (exact) mass is 380 g/mol. The number of carbonyl (C=O) groups is 2. The van der Waals surface area contributed by atoms with Crippen LogP contribution in [-0.4, -0.2) is 35.4 Å². The number of rotatable bonds is 10. The standard InChI is InChI=1S/C20H32N2O5/c1-5-26-18(24)14-16-10-11-17(23)22(15-16)13-9-7-6-8-12-21-19(25)27-20(2,3)4/h10-11,15H,5-9,12-14H2,1-4H3,(H,21,25). The SMILES string of the molecule is CCOC(=O)Cc1ccc(=O)n(CCCCCCNC(=O)OC(C)(C)C)c1. The van der Waals surface area contributed by atoms with Crippen molar-refractivity contribution in [2.75, 3.05) is 13.2 Å². The van der Waals surface area contributed by atoms with Crippen molar-refractivity contribution >= 4 is 12.1 Å². The maximum Gasteiger partial charge on any atom is 0.407 e. The number of ether oxygens (including phenoxy) is 2. The Kier molecular flexibility index (Phi) is 9.61. The number of alkyl carbamates (subject to hydrolysis) is 1. The lowest BCUT2D eigenvalue weighted by Gasteiger charge is -2.19. The van der Waals surface area contributed by atoms with E-state index in [4.69, 9.17) is 9.47 Å². The highest BCUT2D eigenvalue weighted by Gasteiger charge is 2.15. The normalized spacial score (nSPS) is 11.1. The van der Waals surface area contributed by atoms with Gasteiger partial charge >= 0.3 is 12.1 Å². The molecule has 0 saturated heterocycles. The Morgan fingerprint density at radius 2 is 1.81 bits per heavy atom. The summed E-state index contributed by atoms with van der Waals surface area (Å²) in [7, 11) is 0. The van der Waals surface area contributed by atoms with E-state index >= 15 is 0 Å². The van der Waals surface area contributed by atoms with Crippen LogP contribution in [0.25, 0.3) is 0 Å². The van der Waals surface area contributed by atoms with Gasteiger partial charge < -0.3 is 19.4 Å². The minimum absolute atomic E-state index is 0.0748. The Hall–Kier alpha value is -2.31. The van der Waals surface area contributed by atoms with E-state index in [1.807, 2.05) is 20.8 Å². The van der Waals surface area contributed by atoms with Gasteiger partial charge in [0.1, 0.15) is 5.60 Å². The number of carbonyl (C=O) groups excluding carboxylic acids is 2. The molecule has 7 nitrogen and oxygen atoms in total. The summed E-state index contributed by atoms with van der Waals surface area (Å²) in [6, 6.07) is 3.15. The zero-order valence-corrected chi connectivity index (χ0v) is 16.9. The summed E-state index contributed by atoms with van der Waals surface area (Å²) in [6.45, 7) is 8.78. The molecule has 1 rings (SSSR count). The Labute approximate surface area is 161 Å². The molecule has 1 heterocycles. The molecule has 0 aliphatic carbocycles. The predicted molar refractivity (Wildman–Crippen MR) is 104 cm³/mol. The Morgan fingerprint density at radius 3 is 2.48 bits per heavy atom. The third kappa shape index (κ3) is 10.4. The van der Waals surface area contributed by atoms with Crippen molar-refractivity contribution in [1.82, 2.24) is 9.88 Å². The van der Waals surface area contributed by atoms with Gasteiger partial charge in [-0.1, -0.05) is 18.9 Å². The Balaban J connectivity index is 2.27. The van der Waals surface area contributed by atoms with Crippen LogP contribution in [0.4, 0.5) is 4.79 Å². The molecule has 1 aromatic rings. The van der Waals surface area contributed by atoms with Gasteiger partial charge in [0.2, 0.25) is 0 Å². The van der Waals surface area contributed by atoms with Gasteiger partial charge in [-0.2, -0.15) is 0 Å². The number of nitrogens with zero attached hydrogens (tertiary/aromatic N) is 1. The molecule has 0 fully saturated rings. The van der Waals surface area contributed by atoms with Crippen molar-refractivity contribution in [2.45, 2.75) is 71.9 Å². The molecule has 27 heavy (non-hydrogen) atoms. The summed E-state index contributed by atoms with van der Waals surface area (Å²) in [5, 5.41) is 2.73. The number of hydrogen-bond acceptors (Lipinski definition) is 5. The molecule has 0 aliphatic rings. The van der Waals surface area contributed by atoms with Gasteiger partial charge in [-0.3, -0.25) is 9.59 Å². The lowest BCUT2D eigenvalue weighted by Crippen LogP contribution is -2.32. The quantitative estimate of drug-likeness (QED) is 0.498. The third-order valence-corrected chi connectivity index (χ3v) is 3.69. The summed E-state index contributed by atoms with van der Waals surface area (Å²) in [5.41, 5.74) is 0.211. The number of hydrogen-bond donors (Lipinski definition) is 1. The van der Waals surface area contributed by atoms with Crippen molar-refractivity contribution < 1.29 is 19.1 Å². The second-order valence-corrected chi connectivity index (χ2v) is 7.39. The number of aryl methyl sites for hydroxylation is 1. The lowest BCUT2D eigenvalue weighted by atomic mass is 10.2. The first kappa shape index (κ1) is 22.7. The average Bonchev–Trinajstić information content (AvgIpc) is 2.55. The van der Waals surface area contributed by atoms with E-state index in [1.165, 1.54) is 6.07 Å². The van der Waals surface area contributed by atoms with Crippen LogP contribution in [0.1, 0.15) is 58.9 Å². The number of unbranched alkanes of at least 4 members (excludes halogenated alkanes) is 3. The summed E-state index contributed by atoms with van der Waals surface area (Å²) in [4.78, 5) is 35.0. The fourth-order valence-corrected chi connectivity index (χ4v) is 2.50. The van der Waals surface area contributed by atoms with Crippen LogP contribution < -0.4 is 10.9 Å². The number of nitrogens with one attached hydrogen (secondary N) is 1. The second-order valence-electron chi connectivity index (χ2n) is 7.39. The van der Waals surface area contributed by atoms with Crippen molar-refractivity contribution in [3.63, 3.8) is 0 Å². The van der Waals surface area contributed by atoms with Crippen LogP contribution in [0, 0.1) is 0 Å². The van der Waals surface area contributed by atoms with E-state index in [0.717, 1.165) is 31.2 Å². The van der Waals surface area contributed by atoms with Crippen molar-refractivity contribution in [2.24, 2.45) is 0 Å². The molecule has 1 aromatic heterocycles. The fourth-order valence-electron chi connectivity index (χ4n) is 2.50. The zero-order valence-electron chi connectivity index (χ0n) is 16.9. The van der Waals surface area contributed by atoms with Gasteiger partial charge in [0, 0.05) is 25.4 Å². The van der Waals surface area contributed by atoms with Gasteiger partial charge in [0.05, 0.1) is 13.0 Å². The van der Waals surface area contributed by atoms with Gasteiger partial charge in [-0.25, -0.2) is 4.79 Å². The van der Waals surface area contributed by atoms with Crippen LogP contribution in [0.2, 0.25) is 0 Å². The molecule has 0 spiro atoms. The van der Waals surface area contributed by atoms with E-state index in [9.17, 15) is 14.4 Å². The topological polar surface area (TPSA) is 86.6 Å². The summed E-state index contributed by atoms with van der Waals surface area (Å²) in [6.07, 6.45) is 5.12. The molecule has 1 N–H and O–H groups in total. The lowest BCUT2D eigenvalue weighted by molar-refractivity contribution is -0.142. The Bertz CT molecular complexity index is 661. The molecule has 0 bridgehead atoms. The first-order valence-corrected chi connectivity index (χ1v) is 9.53. The molecular formula is C20H32N2O5. The van der Waals surface area contributed by atoms with E-state index in [1.54, 1.807) is 23.8 Å². The molecule has 0 aliphatic heterocycles. The maximum absolute atomic E-state index is 11.9. The van der Waals surface area contributed by atoms with Crippen LogP contribution >= 0.6 is 0 Å². The van der Waals surface area contributed by atoms with Crippen LogP contribution in [0.5, 0.6) is 0 Å². The molecule has 0 aromatic carbocycles. The number of pyridine rings is 1. The molecular weight excluding hydrogens is 348 g/mol. The largest absolute Gasteiger partial charge is 0.466 e. The first-order chi connectivity index (χ1) is 12.7. The number of esters is 1. The number of amides is 1. The molecule has 0 atom stereocenters. The highest BCUT2D eigenvalue weighted by Crippen LogP contribution is 2.07. The molecule has 1 amide bonds. The highest BCUT2D eigenvalue weighted by molar-refractivity contribution is 5.72. The highest BCUT2D eigenvalue weighted by atomic mass is 16.6. The van der Waals surface area contributed by atoms with Gasteiger partial charge in [0.25, 0.3) is 5.56 Å². The van der Waals surface area contributed by atoms with Gasteiger partial charge in [-0.15, -0.1) is 0 Å². The number of aromatic nitrogens is 1. The fraction of sp³-hybridized carbons (Fsp3) is 0.650. The molecule has 0 radical (unpaired) electrons. The van der Waals surface area contributed by atoms with E-state index in [0.29, 0.717) is 19.7 Å². The zero-order chi connectivity index (χ0) is 20.3. The minimum Gasteiger partial charge on any atom is -0.466 e. The summed E-state index contributed by atoms with van der Waals surface area (Å²) < 4.78 is 11.7. The van der Waals surface area contributed by atoms with Crippen LogP contribution in [0.15, 0.2) is 23.1 Å². The molecule has 152 valence electrons. The first-order valence-electron chi connectivity index (χ1n) is 9.53. The maximum atomic E-state index is 11.9. The molecule has 0 unspecified atom stereocenters. The van der Waals surface area contributed by atoms with Crippen molar-refractivity contribution in [3.05, 3.63) is 34.2 Å².